The Morgan fingerprint density at radius 2 is 1.71 bits per heavy atom. The Kier molecular flexibility index (Phi) is 7.99. The average Bonchev–Trinajstić information content (AvgIpc) is 2.76. The van der Waals surface area contributed by atoms with Crippen LogP contribution in [0, 0.1) is 28.8 Å². The number of nitrogen functional groups attached to an aromatic ring is 1. The van der Waals surface area contributed by atoms with Gasteiger partial charge in [-0.2, -0.15) is 0 Å². The molecule has 1 heterocycles. The number of anilines is 2. The van der Waals surface area contributed by atoms with Crippen LogP contribution in [0.2, 0.25) is 0 Å². The summed E-state index contributed by atoms with van der Waals surface area (Å²) in [6, 6.07) is 5.60. The number of hydrogen-bond acceptors (Lipinski definition) is 4. The van der Waals surface area contributed by atoms with Crippen molar-refractivity contribution in [3.05, 3.63) is 60.1 Å². The molecule has 0 radical (unpaired) electrons. The number of halogens is 3. The highest BCUT2D eigenvalue weighted by atomic mass is 32.2. The van der Waals surface area contributed by atoms with Gasteiger partial charge in [-0.3, -0.25) is 4.79 Å². The fraction of sp³-hybridized carbons (Fsp3) is 0.423. The summed E-state index contributed by atoms with van der Waals surface area (Å²) in [5.74, 6) is -3.14. The van der Waals surface area contributed by atoms with Crippen molar-refractivity contribution in [2.24, 2.45) is 11.3 Å². The minimum atomic E-state index is -2.23. The molecule has 0 spiro atoms. The lowest BCUT2D eigenvalue weighted by molar-refractivity contribution is -0.130. The molecule has 5 nitrogen and oxygen atoms in total. The molecule has 1 aliphatic heterocycles. The number of benzene rings is 2. The lowest BCUT2D eigenvalue weighted by Gasteiger charge is -2.40. The number of hydrogen-bond donors (Lipinski definition) is 1. The molecule has 1 fully saturated rings. The van der Waals surface area contributed by atoms with Crippen LogP contribution in [0.4, 0.5) is 24.5 Å². The summed E-state index contributed by atoms with van der Waals surface area (Å²) in [6.45, 7) is 14.0. The van der Waals surface area contributed by atoms with Crippen LogP contribution in [0.15, 0.2) is 52.4 Å². The molecule has 1 saturated heterocycles. The largest absolute Gasteiger partial charge is 0.397 e. The number of piperidine rings is 1. The SMILES string of the molecule is C=C(N(CC1CCN(C(C)=O)CC1)c1ccc(S(=O)c2c(F)cc(F)cc2F)cc1N)C(C)(C)C. The maximum Gasteiger partial charge on any atom is 0.219 e. The normalized spacial score (nSPS) is 15.7. The minimum absolute atomic E-state index is 0.0706. The zero-order chi connectivity index (χ0) is 26.1. The maximum atomic E-state index is 14.2. The van der Waals surface area contributed by atoms with Gasteiger partial charge in [0.15, 0.2) is 0 Å². The van der Waals surface area contributed by atoms with Gasteiger partial charge in [0.05, 0.1) is 22.2 Å². The maximum absolute atomic E-state index is 14.2. The molecule has 2 aromatic rings. The van der Waals surface area contributed by atoms with Gasteiger partial charge in [0.1, 0.15) is 22.3 Å². The molecule has 1 aliphatic rings. The summed E-state index contributed by atoms with van der Waals surface area (Å²) in [6.07, 6.45) is 1.69. The number of likely N-dealkylation sites (tertiary alicyclic amines) is 1. The van der Waals surface area contributed by atoms with E-state index in [1.165, 1.54) is 12.1 Å². The standard InChI is InChI=1S/C26H32F3N3O2S/c1-16(26(3,4)5)32(15-18-8-10-31(11-9-18)17(2)33)24-7-6-20(14-23(24)30)35(34)25-21(28)12-19(27)13-22(25)29/h6-7,12-14,18H,1,8-11,15,30H2,2-5H3. The second kappa shape index (κ2) is 10.4. The number of nitrogens with two attached hydrogens (primary N) is 1. The van der Waals surface area contributed by atoms with E-state index in [1.807, 2.05) is 30.6 Å². The lowest BCUT2D eigenvalue weighted by Crippen LogP contribution is -2.41. The van der Waals surface area contributed by atoms with Gasteiger partial charge in [-0.1, -0.05) is 27.4 Å². The molecule has 35 heavy (non-hydrogen) atoms. The first-order valence-corrected chi connectivity index (χ1v) is 12.6. The number of allylic oxidation sites excluding steroid dienone is 1. The zero-order valence-electron chi connectivity index (χ0n) is 20.5. The van der Waals surface area contributed by atoms with Crippen molar-refractivity contribution < 1.29 is 22.2 Å². The Hall–Kier alpha value is -2.81. The average molecular weight is 508 g/mol. The van der Waals surface area contributed by atoms with Crippen LogP contribution in [0.3, 0.4) is 0 Å². The summed E-state index contributed by atoms with van der Waals surface area (Å²) < 4.78 is 54.6. The molecule has 1 atom stereocenters. The highest BCUT2D eigenvalue weighted by Crippen LogP contribution is 2.37. The van der Waals surface area contributed by atoms with Crippen molar-refractivity contribution in [1.82, 2.24) is 4.90 Å². The molecule has 0 aromatic heterocycles. The quantitative estimate of drug-likeness (QED) is 0.526. The van der Waals surface area contributed by atoms with Gasteiger partial charge >= 0.3 is 0 Å². The van der Waals surface area contributed by atoms with E-state index in [-0.39, 0.29) is 21.9 Å². The number of nitrogens with zero attached hydrogens (tertiary/aromatic N) is 2. The first-order chi connectivity index (χ1) is 16.3. The van der Waals surface area contributed by atoms with Gasteiger partial charge in [0.25, 0.3) is 0 Å². The Balaban J connectivity index is 1.91. The fourth-order valence-electron chi connectivity index (χ4n) is 4.17. The van der Waals surface area contributed by atoms with Gasteiger partial charge in [0.2, 0.25) is 5.91 Å². The third-order valence-electron chi connectivity index (χ3n) is 6.34. The van der Waals surface area contributed by atoms with E-state index in [1.54, 1.807) is 13.0 Å². The van der Waals surface area contributed by atoms with Crippen LogP contribution in [-0.4, -0.2) is 34.7 Å². The van der Waals surface area contributed by atoms with Gasteiger partial charge < -0.3 is 15.5 Å². The highest BCUT2D eigenvalue weighted by molar-refractivity contribution is 7.85. The minimum Gasteiger partial charge on any atom is -0.397 e. The Morgan fingerprint density at radius 1 is 1.14 bits per heavy atom. The molecule has 2 N–H and O–H groups in total. The number of carbonyl (C=O) groups excluding carboxylic acids is 1. The molecule has 0 saturated carbocycles. The molecule has 190 valence electrons. The van der Waals surface area contributed by atoms with E-state index in [0.717, 1.165) is 18.5 Å². The molecule has 1 amide bonds. The van der Waals surface area contributed by atoms with Crippen molar-refractivity contribution in [2.75, 3.05) is 30.3 Å². The van der Waals surface area contributed by atoms with Crippen LogP contribution in [0.25, 0.3) is 0 Å². The molecule has 9 heteroatoms. The Morgan fingerprint density at radius 3 is 2.20 bits per heavy atom. The monoisotopic (exact) mass is 507 g/mol. The third-order valence-corrected chi connectivity index (χ3v) is 7.79. The van der Waals surface area contributed by atoms with Gasteiger partial charge in [-0.25, -0.2) is 17.4 Å². The number of amides is 1. The van der Waals surface area contributed by atoms with E-state index in [2.05, 4.69) is 6.58 Å². The van der Waals surface area contributed by atoms with E-state index in [4.69, 9.17) is 5.73 Å². The van der Waals surface area contributed by atoms with Crippen LogP contribution < -0.4 is 10.6 Å². The third kappa shape index (κ3) is 6.07. The van der Waals surface area contributed by atoms with E-state index < -0.39 is 33.1 Å². The molecular formula is C26H32F3N3O2S. The molecule has 3 rings (SSSR count). The first-order valence-electron chi connectivity index (χ1n) is 11.5. The van der Waals surface area contributed by atoms with Gasteiger partial charge in [-0.15, -0.1) is 0 Å². The number of carbonyl (C=O) groups is 1. The second-order valence-corrected chi connectivity index (χ2v) is 11.4. The van der Waals surface area contributed by atoms with E-state index in [9.17, 15) is 22.2 Å². The molecule has 2 aromatic carbocycles. The summed E-state index contributed by atoms with van der Waals surface area (Å²) in [5.41, 5.74) is 7.87. The summed E-state index contributed by atoms with van der Waals surface area (Å²) in [5, 5.41) is 0. The second-order valence-electron chi connectivity index (χ2n) is 9.94. The predicted octanol–water partition coefficient (Wildman–Crippen LogP) is 5.48. The summed E-state index contributed by atoms with van der Waals surface area (Å²) in [4.78, 5) is 14.9. The van der Waals surface area contributed by atoms with Crippen molar-refractivity contribution >= 4 is 28.1 Å². The first kappa shape index (κ1) is 26.8. The van der Waals surface area contributed by atoms with Crippen LogP contribution >= 0.6 is 0 Å². The van der Waals surface area contributed by atoms with Crippen molar-refractivity contribution in [1.29, 1.82) is 0 Å². The Labute approximate surface area is 207 Å². The highest BCUT2D eigenvalue weighted by Gasteiger charge is 2.29. The van der Waals surface area contributed by atoms with Crippen molar-refractivity contribution in [2.45, 2.75) is 50.3 Å². The lowest BCUT2D eigenvalue weighted by atomic mass is 9.89. The molecular weight excluding hydrogens is 475 g/mol. The van der Waals surface area contributed by atoms with E-state index >= 15 is 0 Å². The Bertz CT molecular complexity index is 1130. The smallest absolute Gasteiger partial charge is 0.219 e. The summed E-state index contributed by atoms with van der Waals surface area (Å²) >= 11 is 0. The number of rotatable bonds is 6. The predicted molar refractivity (Wildman–Crippen MR) is 133 cm³/mol. The van der Waals surface area contributed by atoms with Crippen LogP contribution in [0.5, 0.6) is 0 Å². The van der Waals surface area contributed by atoms with Crippen LogP contribution in [-0.2, 0) is 15.6 Å². The zero-order valence-corrected chi connectivity index (χ0v) is 21.4. The van der Waals surface area contributed by atoms with Crippen molar-refractivity contribution in [3.63, 3.8) is 0 Å². The molecule has 0 aliphatic carbocycles. The van der Waals surface area contributed by atoms with Gasteiger partial charge in [0, 0.05) is 54.7 Å². The van der Waals surface area contributed by atoms with Crippen LogP contribution in [0.1, 0.15) is 40.5 Å². The molecule has 1 unspecified atom stereocenters. The summed E-state index contributed by atoms with van der Waals surface area (Å²) in [7, 11) is -2.23. The topological polar surface area (TPSA) is 66.6 Å². The van der Waals surface area contributed by atoms with Crippen molar-refractivity contribution in [3.8, 4) is 0 Å². The molecule has 0 bridgehead atoms. The van der Waals surface area contributed by atoms with E-state index in [0.29, 0.717) is 43.4 Å². The van der Waals surface area contributed by atoms with Gasteiger partial charge in [-0.05, 0) is 37.0 Å². The fourth-order valence-corrected chi connectivity index (χ4v) is 5.30.